The van der Waals surface area contributed by atoms with Crippen LogP contribution in [0.3, 0.4) is 0 Å². The SMILES string of the molecule is Cc1cc(C(=O)Nc2ccccc2C(=O)N[C@@H](C)c2ccccc2)ccc1NS(C)(=O)=O. The zero-order valence-electron chi connectivity index (χ0n) is 18.0. The molecule has 3 aromatic rings. The second kappa shape index (κ2) is 9.65. The summed E-state index contributed by atoms with van der Waals surface area (Å²) < 4.78 is 25.3. The van der Waals surface area contributed by atoms with Gasteiger partial charge in [-0.3, -0.25) is 14.3 Å². The van der Waals surface area contributed by atoms with Crippen molar-refractivity contribution in [1.82, 2.24) is 5.32 Å². The van der Waals surface area contributed by atoms with Gasteiger partial charge < -0.3 is 10.6 Å². The number of para-hydroxylation sites is 1. The van der Waals surface area contributed by atoms with Crippen LogP contribution in [0.2, 0.25) is 0 Å². The van der Waals surface area contributed by atoms with Gasteiger partial charge in [0.25, 0.3) is 11.8 Å². The minimum absolute atomic E-state index is 0.204. The van der Waals surface area contributed by atoms with Gasteiger partial charge in [-0.05, 0) is 55.3 Å². The molecule has 2 amide bonds. The number of carbonyl (C=O) groups excluding carboxylic acids is 2. The molecule has 3 N–H and O–H groups in total. The quantitative estimate of drug-likeness (QED) is 0.503. The van der Waals surface area contributed by atoms with Crippen molar-refractivity contribution in [2.24, 2.45) is 0 Å². The molecule has 0 spiro atoms. The summed E-state index contributed by atoms with van der Waals surface area (Å²) in [5, 5.41) is 5.73. The minimum Gasteiger partial charge on any atom is -0.345 e. The van der Waals surface area contributed by atoms with Crippen molar-refractivity contribution in [3.8, 4) is 0 Å². The van der Waals surface area contributed by atoms with Gasteiger partial charge in [0.05, 0.1) is 29.2 Å². The minimum atomic E-state index is -3.42. The number of benzene rings is 3. The fraction of sp³-hybridized carbons (Fsp3) is 0.167. The molecule has 8 heteroatoms. The third kappa shape index (κ3) is 5.95. The van der Waals surface area contributed by atoms with Crippen molar-refractivity contribution < 1.29 is 18.0 Å². The van der Waals surface area contributed by atoms with Crippen LogP contribution in [0.15, 0.2) is 72.8 Å². The van der Waals surface area contributed by atoms with Gasteiger partial charge in [0.1, 0.15) is 0 Å². The predicted molar refractivity (Wildman–Crippen MR) is 126 cm³/mol. The molecule has 0 saturated heterocycles. The highest BCUT2D eigenvalue weighted by molar-refractivity contribution is 7.92. The fourth-order valence-corrected chi connectivity index (χ4v) is 3.83. The maximum Gasteiger partial charge on any atom is 0.255 e. The highest BCUT2D eigenvalue weighted by Gasteiger charge is 2.17. The largest absolute Gasteiger partial charge is 0.345 e. The molecule has 0 unspecified atom stereocenters. The van der Waals surface area contributed by atoms with E-state index in [2.05, 4.69) is 15.4 Å². The van der Waals surface area contributed by atoms with E-state index in [4.69, 9.17) is 0 Å². The van der Waals surface area contributed by atoms with Crippen LogP contribution < -0.4 is 15.4 Å². The summed E-state index contributed by atoms with van der Waals surface area (Å²) >= 11 is 0. The molecule has 0 radical (unpaired) electrons. The summed E-state index contributed by atoms with van der Waals surface area (Å²) in [7, 11) is -3.42. The summed E-state index contributed by atoms with van der Waals surface area (Å²) in [4.78, 5) is 25.7. The molecule has 166 valence electrons. The van der Waals surface area contributed by atoms with E-state index in [9.17, 15) is 18.0 Å². The first kappa shape index (κ1) is 23.0. The Morgan fingerprint density at radius 3 is 2.16 bits per heavy atom. The Bertz CT molecular complexity index is 1240. The molecule has 3 rings (SSSR count). The molecule has 0 bridgehead atoms. The zero-order chi connectivity index (χ0) is 23.3. The van der Waals surface area contributed by atoms with Gasteiger partial charge >= 0.3 is 0 Å². The van der Waals surface area contributed by atoms with E-state index < -0.39 is 15.9 Å². The van der Waals surface area contributed by atoms with Crippen molar-refractivity contribution in [2.45, 2.75) is 19.9 Å². The van der Waals surface area contributed by atoms with Crippen LogP contribution in [0.1, 0.15) is 44.8 Å². The van der Waals surface area contributed by atoms with Gasteiger partial charge in [0.2, 0.25) is 10.0 Å². The summed E-state index contributed by atoms with van der Waals surface area (Å²) in [5.74, 6) is -0.712. The summed E-state index contributed by atoms with van der Waals surface area (Å²) in [6.07, 6.45) is 1.06. The van der Waals surface area contributed by atoms with Crippen molar-refractivity contribution in [2.75, 3.05) is 16.3 Å². The molecule has 0 fully saturated rings. The molecule has 0 aromatic heterocycles. The number of sulfonamides is 1. The number of aryl methyl sites for hydroxylation is 1. The number of amides is 2. The van der Waals surface area contributed by atoms with E-state index in [1.807, 2.05) is 37.3 Å². The van der Waals surface area contributed by atoms with Crippen LogP contribution in [0.25, 0.3) is 0 Å². The Morgan fingerprint density at radius 2 is 1.50 bits per heavy atom. The van der Waals surface area contributed by atoms with Crippen molar-refractivity contribution in [1.29, 1.82) is 0 Å². The Kier molecular flexibility index (Phi) is 6.95. The van der Waals surface area contributed by atoms with Crippen LogP contribution in [0.4, 0.5) is 11.4 Å². The third-order valence-electron chi connectivity index (χ3n) is 4.85. The molecule has 3 aromatic carbocycles. The number of nitrogens with one attached hydrogen (secondary N) is 3. The van der Waals surface area contributed by atoms with E-state index in [1.165, 1.54) is 12.1 Å². The number of hydrogen-bond acceptors (Lipinski definition) is 4. The van der Waals surface area contributed by atoms with Gasteiger partial charge in [0, 0.05) is 5.56 Å². The highest BCUT2D eigenvalue weighted by atomic mass is 32.2. The smallest absolute Gasteiger partial charge is 0.255 e. The molecule has 0 heterocycles. The van der Waals surface area contributed by atoms with E-state index in [-0.39, 0.29) is 11.9 Å². The van der Waals surface area contributed by atoms with Crippen LogP contribution >= 0.6 is 0 Å². The Morgan fingerprint density at radius 1 is 0.844 bits per heavy atom. The van der Waals surface area contributed by atoms with Crippen molar-refractivity contribution in [3.63, 3.8) is 0 Å². The van der Waals surface area contributed by atoms with Crippen LogP contribution in [0, 0.1) is 6.92 Å². The molecular weight excluding hydrogens is 426 g/mol. The van der Waals surface area contributed by atoms with Crippen LogP contribution in [-0.4, -0.2) is 26.5 Å². The number of rotatable bonds is 7. The first-order valence-corrected chi connectivity index (χ1v) is 11.9. The normalized spacial score (nSPS) is 12.0. The average molecular weight is 452 g/mol. The topological polar surface area (TPSA) is 104 Å². The number of carbonyl (C=O) groups is 2. The van der Waals surface area contributed by atoms with Crippen LogP contribution in [-0.2, 0) is 10.0 Å². The number of anilines is 2. The maximum absolute atomic E-state index is 12.9. The molecular formula is C24H25N3O4S. The van der Waals surface area contributed by atoms with E-state index in [0.29, 0.717) is 28.1 Å². The van der Waals surface area contributed by atoms with E-state index in [0.717, 1.165) is 11.8 Å². The van der Waals surface area contributed by atoms with Gasteiger partial charge in [0.15, 0.2) is 0 Å². The Labute approximate surface area is 187 Å². The third-order valence-corrected chi connectivity index (χ3v) is 5.44. The first-order chi connectivity index (χ1) is 15.1. The molecule has 1 atom stereocenters. The lowest BCUT2D eigenvalue weighted by Crippen LogP contribution is -2.28. The van der Waals surface area contributed by atoms with Gasteiger partial charge in [-0.2, -0.15) is 0 Å². The zero-order valence-corrected chi connectivity index (χ0v) is 18.9. The lowest BCUT2D eigenvalue weighted by atomic mass is 10.1. The second-order valence-electron chi connectivity index (χ2n) is 7.51. The summed E-state index contributed by atoms with van der Waals surface area (Å²) in [5.41, 5.74) is 3.04. The first-order valence-electron chi connectivity index (χ1n) is 9.98. The molecule has 0 aliphatic rings. The molecule has 32 heavy (non-hydrogen) atoms. The Balaban J connectivity index is 1.76. The lowest BCUT2D eigenvalue weighted by Gasteiger charge is -2.16. The molecule has 7 nitrogen and oxygen atoms in total. The van der Waals surface area contributed by atoms with E-state index >= 15 is 0 Å². The monoisotopic (exact) mass is 451 g/mol. The highest BCUT2D eigenvalue weighted by Crippen LogP contribution is 2.21. The molecule has 0 saturated carbocycles. The molecule has 0 aliphatic carbocycles. The summed E-state index contributed by atoms with van der Waals surface area (Å²) in [6.45, 7) is 3.60. The Hall–Kier alpha value is -3.65. The standard InChI is InChI=1S/C24H25N3O4S/c1-16-15-19(13-14-21(16)27-32(3,30)31)23(28)26-22-12-8-7-11-20(22)24(29)25-17(2)18-9-5-4-6-10-18/h4-15,17,27H,1-3H3,(H,25,29)(H,26,28)/t17-/m0/s1. The fourth-order valence-electron chi connectivity index (χ4n) is 3.20. The van der Waals surface area contributed by atoms with Crippen LogP contribution in [0.5, 0.6) is 0 Å². The predicted octanol–water partition coefficient (Wildman–Crippen LogP) is 4.11. The van der Waals surface area contributed by atoms with Gasteiger partial charge in [-0.1, -0.05) is 42.5 Å². The lowest BCUT2D eigenvalue weighted by molar-refractivity contribution is 0.0940. The van der Waals surface area contributed by atoms with Crippen molar-refractivity contribution >= 4 is 33.2 Å². The number of hydrogen-bond donors (Lipinski definition) is 3. The second-order valence-corrected chi connectivity index (χ2v) is 9.26. The summed E-state index contributed by atoms with van der Waals surface area (Å²) in [6, 6.07) is 20.8. The van der Waals surface area contributed by atoms with Crippen molar-refractivity contribution in [3.05, 3.63) is 95.1 Å². The molecule has 0 aliphatic heterocycles. The van der Waals surface area contributed by atoms with Gasteiger partial charge in [-0.25, -0.2) is 8.42 Å². The van der Waals surface area contributed by atoms with Gasteiger partial charge in [-0.15, -0.1) is 0 Å². The average Bonchev–Trinajstić information content (AvgIpc) is 2.75. The van der Waals surface area contributed by atoms with E-state index in [1.54, 1.807) is 37.3 Å². The maximum atomic E-state index is 12.9.